The monoisotopic (exact) mass is 276 g/mol. The van der Waals surface area contributed by atoms with Gasteiger partial charge in [0.25, 0.3) is 0 Å². The predicted octanol–water partition coefficient (Wildman–Crippen LogP) is 2.27. The lowest BCUT2D eigenvalue weighted by Crippen LogP contribution is -2.39. The molecule has 3 rings (SSSR count). The van der Waals surface area contributed by atoms with Crippen molar-refractivity contribution in [3.05, 3.63) is 22.4 Å². The molecule has 2 aliphatic rings. The topological polar surface area (TPSA) is 32.3 Å². The molecule has 1 aliphatic carbocycles. The molecule has 1 spiro atoms. The summed E-state index contributed by atoms with van der Waals surface area (Å²) in [5, 5.41) is 6.62. The van der Waals surface area contributed by atoms with Crippen LogP contribution in [0.5, 0.6) is 0 Å². The number of amides is 1. The molecule has 1 aromatic rings. The first kappa shape index (κ1) is 12.0. The van der Waals surface area contributed by atoms with Crippen molar-refractivity contribution in [2.45, 2.75) is 30.7 Å². The van der Waals surface area contributed by atoms with Crippen molar-refractivity contribution in [1.82, 2.24) is 10.2 Å². The van der Waals surface area contributed by atoms with Crippen molar-refractivity contribution in [2.24, 2.45) is 0 Å². The molecule has 0 bridgehead atoms. The Morgan fingerprint density at radius 2 is 2.22 bits per heavy atom. The molecule has 1 N–H and O–H groups in total. The minimum absolute atomic E-state index is 0.420. The lowest BCUT2D eigenvalue weighted by atomic mass is 10.2. The average molecular weight is 276 g/mol. The lowest BCUT2D eigenvalue weighted by molar-refractivity contribution is -0.162. The van der Waals surface area contributed by atoms with Crippen LogP contribution in [0.25, 0.3) is 0 Å². The fourth-order valence-electron chi connectivity index (χ4n) is 2.33. The SMILES string of the molecule is O=C1N(CC(F)(F)F)C(c2ccsc2)NC12CC2. The molecule has 2 heterocycles. The van der Waals surface area contributed by atoms with Crippen LogP contribution < -0.4 is 5.32 Å². The molecular weight excluding hydrogens is 265 g/mol. The third kappa shape index (κ3) is 1.91. The number of nitrogens with zero attached hydrogens (tertiary/aromatic N) is 1. The van der Waals surface area contributed by atoms with E-state index in [9.17, 15) is 18.0 Å². The highest BCUT2D eigenvalue weighted by Gasteiger charge is 2.60. The Kier molecular flexibility index (Phi) is 2.47. The van der Waals surface area contributed by atoms with Crippen LogP contribution in [-0.4, -0.2) is 29.1 Å². The number of carbonyl (C=O) groups is 1. The summed E-state index contributed by atoms with van der Waals surface area (Å²) in [5.41, 5.74) is -0.000856. The third-order valence-corrected chi connectivity index (χ3v) is 4.05. The molecule has 0 aromatic carbocycles. The summed E-state index contributed by atoms with van der Waals surface area (Å²) >= 11 is 1.41. The van der Waals surface area contributed by atoms with Crippen molar-refractivity contribution in [3.8, 4) is 0 Å². The van der Waals surface area contributed by atoms with Crippen molar-refractivity contribution in [2.75, 3.05) is 6.54 Å². The van der Waals surface area contributed by atoms with E-state index in [0.717, 1.165) is 10.5 Å². The third-order valence-electron chi connectivity index (χ3n) is 3.35. The number of hydrogen-bond donors (Lipinski definition) is 1. The second kappa shape index (κ2) is 3.71. The number of halogens is 3. The van der Waals surface area contributed by atoms with Crippen LogP contribution in [0, 0.1) is 0 Å². The smallest absolute Gasteiger partial charge is 0.312 e. The van der Waals surface area contributed by atoms with Gasteiger partial charge in [-0.3, -0.25) is 10.1 Å². The van der Waals surface area contributed by atoms with E-state index in [1.165, 1.54) is 11.3 Å². The zero-order valence-corrected chi connectivity index (χ0v) is 10.1. The fraction of sp³-hybridized carbons (Fsp3) is 0.545. The average Bonchev–Trinajstić information content (AvgIpc) is 2.75. The van der Waals surface area contributed by atoms with Gasteiger partial charge >= 0.3 is 6.18 Å². The normalized spacial score (nSPS) is 26.1. The molecular formula is C11H11F3N2OS. The molecule has 1 amide bonds. The summed E-state index contributed by atoms with van der Waals surface area (Å²) in [5.74, 6) is -0.420. The van der Waals surface area contributed by atoms with E-state index in [0.29, 0.717) is 12.8 Å². The summed E-state index contributed by atoms with van der Waals surface area (Å²) in [6, 6.07) is 1.75. The maximum Gasteiger partial charge on any atom is 0.406 e. The number of nitrogens with one attached hydrogen (secondary N) is 1. The highest BCUT2D eigenvalue weighted by molar-refractivity contribution is 7.07. The van der Waals surface area contributed by atoms with Gasteiger partial charge in [0.2, 0.25) is 5.91 Å². The molecule has 18 heavy (non-hydrogen) atoms. The number of rotatable bonds is 2. The van der Waals surface area contributed by atoms with Crippen molar-refractivity contribution < 1.29 is 18.0 Å². The second-order valence-corrected chi connectivity index (χ2v) is 5.51. The Morgan fingerprint density at radius 3 is 2.72 bits per heavy atom. The number of thiophene rings is 1. The van der Waals surface area contributed by atoms with Gasteiger partial charge in [0, 0.05) is 0 Å². The van der Waals surface area contributed by atoms with Gasteiger partial charge in [-0.15, -0.1) is 0 Å². The van der Waals surface area contributed by atoms with E-state index in [1.807, 2.05) is 0 Å². The molecule has 7 heteroatoms. The van der Waals surface area contributed by atoms with Crippen LogP contribution in [0.2, 0.25) is 0 Å². The van der Waals surface area contributed by atoms with Gasteiger partial charge in [-0.05, 0) is 35.2 Å². The van der Waals surface area contributed by atoms with Gasteiger partial charge in [0.05, 0.1) is 0 Å². The van der Waals surface area contributed by atoms with Gasteiger partial charge in [-0.25, -0.2) is 0 Å². The Labute approximate surface area is 106 Å². The number of carbonyl (C=O) groups excluding carboxylic acids is 1. The highest BCUT2D eigenvalue weighted by atomic mass is 32.1. The minimum Gasteiger partial charge on any atom is -0.312 e. The standard InChI is InChI=1S/C11H11F3N2OS/c12-11(13,14)6-16-8(7-1-4-18-5-7)15-10(2-3-10)9(16)17/h1,4-5,8,15H,2-3,6H2. The van der Waals surface area contributed by atoms with Crippen molar-refractivity contribution in [3.63, 3.8) is 0 Å². The van der Waals surface area contributed by atoms with Crippen molar-refractivity contribution in [1.29, 1.82) is 0 Å². The molecule has 1 unspecified atom stereocenters. The summed E-state index contributed by atoms with van der Waals surface area (Å²) in [4.78, 5) is 13.0. The molecule has 98 valence electrons. The van der Waals surface area contributed by atoms with E-state index in [2.05, 4.69) is 5.32 Å². The Hall–Kier alpha value is -1.08. The van der Waals surface area contributed by atoms with E-state index < -0.39 is 30.3 Å². The van der Waals surface area contributed by atoms with E-state index in [4.69, 9.17) is 0 Å². The second-order valence-electron chi connectivity index (χ2n) is 4.73. The first-order chi connectivity index (χ1) is 8.41. The Balaban J connectivity index is 1.89. The van der Waals surface area contributed by atoms with Gasteiger partial charge in [0.15, 0.2) is 0 Å². The van der Waals surface area contributed by atoms with Crippen LogP contribution in [0.1, 0.15) is 24.6 Å². The molecule has 2 fully saturated rings. The predicted molar refractivity (Wildman–Crippen MR) is 59.9 cm³/mol. The summed E-state index contributed by atoms with van der Waals surface area (Å²) in [6.07, 6.45) is -3.76. The van der Waals surface area contributed by atoms with Gasteiger partial charge in [-0.2, -0.15) is 24.5 Å². The van der Waals surface area contributed by atoms with Crippen molar-refractivity contribution >= 4 is 17.2 Å². The highest BCUT2D eigenvalue weighted by Crippen LogP contribution is 2.46. The summed E-state index contributed by atoms with van der Waals surface area (Å²) in [7, 11) is 0. The van der Waals surface area contributed by atoms with Gasteiger partial charge in [-0.1, -0.05) is 0 Å². The maximum atomic E-state index is 12.5. The fourth-order valence-corrected chi connectivity index (χ4v) is 3.01. The lowest BCUT2D eigenvalue weighted by Gasteiger charge is -2.24. The molecule has 1 aromatic heterocycles. The zero-order valence-electron chi connectivity index (χ0n) is 9.33. The number of alkyl halides is 3. The van der Waals surface area contributed by atoms with Crippen LogP contribution in [0.4, 0.5) is 13.2 Å². The molecule has 1 aliphatic heterocycles. The zero-order chi connectivity index (χ0) is 13.0. The largest absolute Gasteiger partial charge is 0.406 e. The molecule has 1 saturated carbocycles. The van der Waals surface area contributed by atoms with Crippen LogP contribution in [0.3, 0.4) is 0 Å². The molecule has 1 saturated heterocycles. The van der Waals surface area contributed by atoms with E-state index in [-0.39, 0.29) is 0 Å². The van der Waals surface area contributed by atoms with E-state index >= 15 is 0 Å². The first-order valence-electron chi connectivity index (χ1n) is 5.59. The Morgan fingerprint density at radius 1 is 1.50 bits per heavy atom. The van der Waals surface area contributed by atoms with Crippen LogP contribution in [-0.2, 0) is 4.79 Å². The van der Waals surface area contributed by atoms with E-state index in [1.54, 1.807) is 16.8 Å². The first-order valence-corrected chi connectivity index (χ1v) is 6.53. The quantitative estimate of drug-likeness (QED) is 0.898. The molecule has 1 atom stereocenters. The maximum absolute atomic E-state index is 12.5. The molecule has 0 radical (unpaired) electrons. The summed E-state index contributed by atoms with van der Waals surface area (Å²) in [6.45, 7) is -1.19. The molecule has 3 nitrogen and oxygen atoms in total. The Bertz CT molecular complexity index is 467. The van der Waals surface area contributed by atoms with Gasteiger partial charge < -0.3 is 4.90 Å². The van der Waals surface area contributed by atoms with Crippen LogP contribution in [0.15, 0.2) is 16.8 Å². The number of hydrogen-bond acceptors (Lipinski definition) is 3. The van der Waals surface area contributed by atoms with Crippen LogP contribution >= 0.6 is 11.3 Å². The van der Waals surface area contributed by atoms with Gasteiger partial charge in [0.1, 0.15) is 18.2 Å². The summed E-state index contributed by atoms with van der Waals surface area (Å²) < 4.78 is 37.6. The minimum atomic E-state index is -4.37.